The molecule has 0 radical (unpaired) electrons. The van der Waals surface area contributed by atoms with Gasteiger partial charge in [0.1, 0.15) is 19.3 Å². The molecule has 0 saturated carbocycles. The van der Waals surface area contributed by atoms with Gasteiger partial charge in [0.2, 0.25) is 0 Å². The molecule has 0 aliphatic carbocycles. The van der Waals surface area contributed by atoms with Crippen LogP contribution in [0.5, 0.6) is 0 Å². The van der Waals surface area contributed by atoms with Crippen molar-refractivity contribution in [2.45, 2.75) is 84.7 Å². The summed E-state index contributed by atoms with van der Waals surface area (Å²) in [5.41, 5.74) is 2.12. The van der Waals surface area contributed by atoms with E-state index in [-0.39, 0.29) is 19.2 Å². The van der Waals surface area contributed by atoms with Crippen molar-refractivity contribution < 1.29 is 24.2 Å². The molecule has 0 aromatic heterocycles. The van der Waals surface area contributed by atoms with Crippen molar-refractivity contribution in [1.29, 1.82) is 0 Å². The van der Waals surface area contributed by atoms with Crippen molar-refractivity contribution in [3.05, 3.63) is 35.4 Å². The van der Waals surface area contributed by atoms with Crippen molar-refractivity contribution in [3.8, 4) is 0 Å². The molecule has 1 aromatic rings. The second-order valence-electron chi connectivity index (χ2n) is 8.19. The average Bonchev–Trinajstić information content (AvgIpc) is 2.69. The first kappa shape index (κ1) is 25.2. The highest BCUT2D eigenvalue weighted by atomic mass is 16.6. The van der Waals surface area contributed by atoms with Crippen molar-refractivity contribution in [2.24, 2.45) is 5.92 Å². The molecule has 0 bridgehead atoms. The SMILES string of the molecule is CCCCCCCC(=O)OC[C@H](O)COC(=O)C(C)c1ccc(CC(C)C)cc1. The number of esters is 2. The highest BCUT2D eigenvalue weighted by Gasteiger charge is 2.19. The lowest BCUT2D eigenvalue weighted by Crippen LogP contribution is -2.26. The Morgan fingerprint density at radius 1 is 0.931 bits per heavy atom. The molecule has 1 aromatic carbocycles. The van der Waals surface area contributed by atoms with E-state index in [1.807, 2.05) is 24.3 Å². The molecule has 164 valence electrons. The van der Waals surface area contributed by atoms with Crippen LogP contribution in [-0.4, -0.2) is 36.4 Å². The van der Waals surface area contributed by atoms with Crippen LogP contribution in [0.3, 0.4) is 0 Å². The summed E-state index contributed by atoms with van der Waals surface area (Å²) in [6.07, 6.45) is 5.64. The predicted octanol–water partition coefficient (Wildman–Crippen LogP) is 4.80. The Morgan fingerprint density at radius 3 is 2.17 bits per heavy atom. The molecule has 1 N–H and O–H groups in total. The smallest absolute Gasteiger partial charge is 0.313 e. The van der Waals surface area contributed by atoms with E-state index in [0.717, 1.165) is 37.7 Å². The normalized spacial score (nSPS) is 13.2. The first-order valence-corrected chi connectivity index (χ1v) is 10.9. The van der Waals surface area contributed by atoms with Crippen molar-refractivity contribution in [3.63, 3.8) is 0 Å². The minimum absolute atomic E-state index is 0.153. The number of hydrogen-bond acceptors (Lipinski definition) is 5. The van der Waals surface area contributed by atoms with Crippen LogP contribution in [0.2, 0.25) is 0 Å². The van der Waals surface area contributed by atoms with Crippen LogP contribution < -0.4 is 0 Å². The molecule has 1 rings (SSSR count). The van der Waals surface area contributed by atoms with Gasteiger partial charge in [0, 0.05) is 6.42 Å². The summed E-state index contributed by atoms with van der Waals surface area (Å²) >= 11 is 0. The van der Waals surface area contributed by atoms with Gasteiger partial charge in [0.15, 0.2) is 0 Å². The number of benzene rings is 1. The van der Waals surface area contributed by atoms with Gasteiger partial charge in [-0.1, -0.05) is 70.7 Å². The Labute approximate surface area is 175 Å². The largest absolute Gasteiger partial charge is 0.463 e. The number of aliphatic hydroxyl groups excluding tert-OH is 1. The number of unbranched alkanes of at least 4 members (excludes halogenated alkanes) is 4. The summed E-state index contributed by atoms with van der Waals surface area (Å²) < 4.78 is 10.2. The number of carbonyl (C=O) groups is 2. The van der Waals surface area contributed by atoms with E-state index in [1.54, 1.807) is 6.92 Å². The highest BCUT2D eigenvalue weighted by Crippen LogP contribution is 2.19. The lowest BCUT2D eigenvalue weighted by atomic mass is 9.97. The average molecular weight is 407 g/mol. The van der Waals surface area contributed by atoms with Gasteiger partial charge in [-0.05, 0) is 36.8 Å². The van der Waals surface area contributed by atoms with Gasteiger partial charge in [-0.25, -0.2) is 0 Å². The zero-order valence-electron chi connectivity index (χ0n) is 18.5. The van der Waals surface area contributed by atoms with Crippen LogP contribution in [0.1, 0.15) is 83.3 Å². The van der Waals surface area contributed by atoms with Crippen molar-refractivity contribution >= 4 is 11.9 Å². The van der Waals surface area contributed by atoms with Crippen LogP contribution in [0, 0.1) is 5.92 Å². The third kappa shape index (κ3) is 11.0. The fourth-order valence-corrected chi connectivity index (χ4v) is 3.04. The molecule has 29 heavy (non-hydrogen) atoms. The number of ether oxygens (including phenoxy) is 2. The fraction of sp³-hybridized carbons (Fsp3) is 0.667. The van der Waals surface area contributed by atoms with Gasteiger partial charge in [0.05, 0.1) is 5.92 Å². The maximum atomic E-state index is 12.2. The zero-order chi connectivity index (χ0) is 21.6. The Bertz CT molecular complexity index is 594. The lowest BCUT2D eigenvalue weighted by Gasteiger charge is -2.15. The summed E-state index contributed by atoms with van der Waals surface area (Å²) in [7, 11) is 0. The van der Waals surface area contributed by atoms with Gasteiger partial charge in [0.25, 0.3) is 0 Å². The molecule has 1 unspecified atom stereocenters. The topological polar surface area (TPSA) is 72.8 Å². The number of carbonyl (C=O) groups excluding carboxylic acids is 2. The molecular weight excluding hydrogens is 368 g/mol. The van der Waals surface area contributed by atoms with Crippen LogP contribution >= 0.6 is 0 Å². The van der Waals surface area contributed by atoms with Gasteiger partial charge < -0.3 is 14.6 Å². The molecule has 0 saturated heterocycles. The summed E-state index contributed by atoms with van der Waals surface area (Å²) in [6, 6.07) is 7.97. The van der Waals surface area contributed by atoms with Crippen molar-refractivity contribution in [2.75, 3.05) is 13.2 Å². The second kappa shape index (κ2) is 14.2. The summed E-state index contributed by atoms with van der Waals surface area (Å²) in [5, 5.41) is 9.91. The first-order chi connectivity index (χ1) is 13.8. The van der Waals surface area contributed by atoms with E-state index in [1.165, 1.54) is 12.0 Å². The van der Waals surface area contributed by atoms with Gasteiger partial charge in [-0.3, -0.25) is 9.59 Å². The molecule has 0 aliphatic heterocycles. The maximum absolute atomic E-state index is 12.2. The minimum atomic E-state index is -1.01. The van der Waals surface area contributed by atoms with Crippen LogP contribution in [0.25, 0.3) is 0 Å². The Kier molecular flexibility index (Phi) is 12.3. The fourth-order valence-electron chi connectivity index (χ4n) is 3.04. The number of hydrogen-bond donors (Lipinski definition) is 1. The highest BCUT2D eigenvalue weighted by molar-refractivity contribution is 5.77. The standard InChI is InChI=1S/C24H38O5/c1-5-6-7-8-9-10-23(26)28-16-22(25)17-29-24(27)19(4)21-13-11-20(12-14-21)15-18(2)3/h11-14,18-19,22,25H,5-10,15-17H2,1-4H3/t19?,22-/m0/s1. The molecule has 0 fully saturated rings. The van der Waals surface area contributed by atoms with Gasteiger partial charge >= 0.3 is 11.9 Å². The molecule has 5 heteroatoms. The Hall–Kier alpha value is -1.88. The van der Waals surface area contributed by atoms with E-state index < -0.39 is 18.0 Å². The molecule has 0 aliphatic rings. The van der Waals surface area contributed by atoms with Crippen LogP contribution in [-0.2, 0) is 25.5 Å². The lowest BCUT2D eigenvalue weighted by molar-refractivity contribution is -0.153. The molecule has 0 amide bonds. The third-order valence-corrected chi connectivity index (χ3v) is 4.82. The summed E-state index contributed by atoms with van der Waals surface area (Å²) in [5.74, 6) is -0.550. The molecule has 0 heterocycles. The molecule has 5 nitrogen and oxygen atoms in total. The predicted molar refractivity (Wildman–Crippen MR) is 115 cm³/mol. The van der Waals surface area contributed by atoms with E-state index in [4.69, 9.17) is 9.47 Å². The zero-order valence-corrected chi connectivity index (χ0v) is 18.5. The van der Waals surface area contributed by atoms with E-state index >= 15 is 0 Å². The maximum Gasteiger partial charge on any atom is 0.313 e. The molecule has 2 atom stereocenters. The Morgan fingerprint density at radius 2 is 1.55 bits per heavy atom. The Balaban J connectivity index is 2.27. The first-order valence-electron chi connectivity index (χ1n) is 10.9. The summed E-state index contributed by atoms with van der Waals surface area (Å²) in [4.78, 5) is 23.9. The van der Waals surface area contributed by atoms with Crippen LogP contribution in [0.4, 0.5) is 0 Å². The van der Waals surface area contributed by atoms with Crippen LogP contribution in [0.15, 0.2) is 24.3 Å². The van der Waals surface area contributed by atoms with E-state index in [2.05, 4.69) is 20.8 Å². The monoisotopic (exact) mass is 406 g/mol. The van der Waals surface area contributed by atoms with Gasteiger partial charge in [-0.2, -0.15) is 0 Å². The third-order valence-electron chi connectivity index (χ3n) is 4.82. The summed E-state index contributed by atoms with van der Waals surface area (Å²) in [6.45, 7) is 7.93. The van der Waals surface area contributed by atoms with E-state index in [0.29, 0.717) is 12.3 Å². The van der Waals surface area contributed by atoms with Crippen molar-refractivity contribution in [1.82, 2.24) is 0 Å². The van der Waals surface area contributed by atoms with E-state index in [9.17, 15) is 14.7 Å². The number of rotatable bonds is 14. The molecule has 0 spiro atoms. The minimum Gasteiger partial charge on any atom is -0.463 e. The quantitative estimate of drug-likeness (QED) is 0.355. The second-order valence-corrected chi connectivity index (χ2v) is 8.19. The number of aliphatic hydroxyl groups is 1. The van der Waals surface area contributed by atoms with Gasteiger partial charge in [-0.15, -0.1) is 0 Å². The molecular formula is C24H38O5.